The van der Waals surface area contributed by atoms with Crippen molar-refractivity contribution >= 4 is 5.82 Å². The first-order valence-electron chi connectivity index (χ1n) is 5.90. The standard InChI is InChI=1S/C14H16FN3O/c1-8-4-9(2)14(10(15)5-8)11-6-12(16)18-13(17-11)7-19-3/h4-6H,7H2,1-3H3,(H2,16,17,18). The average Bonchev–Trinajstić information content (AvgIpc) is 2.26. The van der Waals surface area contributed by atoms with Gasteiger partial charge in [-0.1, -0.05) is 6.07 Å². The van der Waals surface area contributed by atoms with Gasteiger partial charge in [0.15, 0.2) is 5.82 Å². The van der Waals surface area contributed by atoms with E-state index in [1.807, 2.05) is 19.9 Å². The third-order valence-corrected chi connectivity index (χ3v) is 2.75. The van der Waals surface area contributed by atoms with Crippen LogP contribution in [0.1, 0.15) is 17.0 Å². The molecule has 0 fully saturated rings. The predicted molar refractivity (Wildman–Crippen MR) is 72.0 cm³/mol. The molecule has 0 saturated carbocycles. The summed E-state index contributed by atoms with van der Waals surface area (Å²) in [4.78, 5) is 8.33. The molecular weight excluding hydrogens is 245 g/mol. The van der Waals surface area contributed by atoms with E-state index in [9.17, 15) is 4.39 Å². The van der Waals surface area contributed by atoms with Crippen molar-refractivity contribution in [1.82, 2.24) is 9.97 Å². The minimum Gasteiger partial charge on any atom is -0.384 e. The van der Waals surface area contributed by atoms with Crippen molar-refractivity contribution in [1.29, 1.82) is 0 Å². The lowest BCUT2D eigenvalue weighted by molar-refractivity contribution is 0.178. The van der Waals surface area contributed by atoms with Crippen molar-refractivity contribution in [3.05, 3.63) is 41.0 Å². The number of halogens is 1. The van der Waals surface area contributed by atoms with Gasteiger partial charge in [-0.3, -0.25) is 0 Å². The number of ether oxygens (including phenoxy) is 1. The summed E-state index contributed by atoms with van der Waals surface area (Å²) in [7, 11) is 1.55. The van der Waals surface area contributed by atoms with E-state index in [-0.39, 0.29) is 12.4 Å². The van der Waals surface area contributed by atoms with Gasteiger partial charge in [-0.2, -0.15) is 0 Å². The maximum Gasteiger partial charge on any atom is 0.157 e. The lowest BCUT2D eigenvalue weighted by atomic mass is 10.0. The van der Waals surface area contributed by atoms with Crippen molar-refractivity contribution in [3.63, 3.8) is 0 Å². The number of nitrogens with two attached hydrogens (primary N) is 1. The fraction of sp³-hybridized carbons (Fsp3) is 0.286. The fourth-order valence-electron chi connectivity index (χ4n) is 2.08. The van der Waals surface area contributed by atoms with Crippen LogP contribution < -0.4 is 5.73 Å². The largest absolute Gasteiger partial charge is 0.384 e. The summed E-state index contributed by atoms with van der Waals surface area (Å²) in [5, 5.41) is 0. The van der Waals surface area contributed by atoms with Crippen LogP contribution >= 0.6 is 0 Å². The molecule has 4 nitrogen and oxygen atoms in total. The number of benzene rings is 1. The van der Waals surface area contributed by atoms with Crippen LogP contribution in [-0.2, 0) is 11.3 Å². The maximum atomic E-state index is 14.1. The monoisotopic (exact) mass is 261 g/mol. The predicted octanol–water partition coefficient (Wildman–Crippen LogP) is 2.63. The summed E-state index contributed by atoms with van der Waals surface area (Å²) in [5.74, 6) is 0.437. The Morgan fingerprint density at radius 1 is 1.21 bits per heavy atom. The van der Waals surface area contributed by atoms with Crippen LogP contribution in [0.25, 0.3) is 11.3 Å². The van der Waals surface area contributed by atoms with Crippen LogP contribution in [-0.4, -0.2) is 17.1 Å². The summed E-state index contributed by atoms with van der Waals surface area (Å²) < 4.78 is 19.1. The van der Waals surface area contributed by atoms with Gasteiger partial charge in [-0.15, -0.1) is 0 Å². The second kappa shape index (κ2) is 5.32. The number of aromatic nitrogens is 2. The minimum atomic E-state index is -0.307. The van der Waals surface area contributed by atoms with Crippen molar-refractivity contribution < 1.29 is 9.13 Å². The summed E-state index contributed by atoms with van der Waals surface area (Å²) in [6.45, 7) is 3.94. The van der Waals surface area contributed by atoms with Gasteiger partial charge in [0.25, 0.3) is 0 Å². The first-order chi connectivity index (χ1) is 9.01. The molecule has 0 aliphatic carbocycles. The van der Waals surface area contributed by atoms with E-state index in [0.29, 0.717) is 22.9 Å². The quantitative estimate of drug-likeness (QED) is 0.922. The highest BCUT2D eigenvalue weighted by Gasteiger charge is 2.13. The molecule has 0 aliphatic heterocycles. The zero-order valence-corrected chi connectivity index (χ0v) is 11.2. The van der Waals surface area contributed by atoms with Crippen LogP contribution in [0.15, 0.2) is 18.2 Å². The van der Waals surface area contributed by atoms with Crippen LogP contribution in [0.2, 0.25) is 0 Å². The van der Waals surface area contributed by atoms with Crippen molar-refractivity contribution in [2.75, 3.05) is 12.8 Å². The Balaban J connectivity index is 2.58. The van der Waals surface area contributed by atoms with Gasteiger partial charge in [0.05, 0.1) is 5.69 Å². The molecule has 0 bridgehead atoms. The van der Waals surface area contributed by atoms with Gasteiger partial charge in [0.2, 0.25) is 0 Å². The molecule has 100 valence electrons. The van der Waals surface area contributed by atoms with Crippen LogP contribution in [0.5, 0.6) is 0 Å². The third kappa shape index (κ3) is 2.88. The van der Waals surface area contributed by atoms with Gasteiger partial charge in [0, 0.05) is 18.7 Å². The van der Waals surface area contributed by atoms with E-state index >= 15 is 0 Å². The van der Waals surface area contributed by atoms with E-state index in [1.165, 1.54) is 6.07 Å². The highest BCUT2D eigenvalue weighted by Crippen LogP contribution is 2.27. The van der Waals surface area contributed by atoms with Crippen LogP contribution in [0, 0.1) is 19.7 Å². The maximum absolute atomic E-state index is 14.1. The smallest absolute Gasteiger partial charge is 0.157 e. The number of anilines is 1. The lowest BCUT2D eigenvalue weighted by Crippen LogP contribution is -2.04. The zero-order chi connectivity index (χ0) is 14.0. The Labute approximate surface area is 111 Å². The first-order valence-corrected chi connectivity index (χ1v) is 5.90. The second-order valence-corrected chi connectivity index (χ2v) is 4.47. The van der Waals surface area contributed by atoms with Gasteiger partial charge in [-0.25, -0.2) is 14.4 Å². The molecule has 1 aromatic heterocycles. The number of methoxy groups -OCH3 is 1. The molecule has 0 radical (unpaired) electrons. The molecule has 0 unspecified atom stereocenters. The first kappa shape index (κ1) is 13.4. The molecule has 0 spiro atoms. The molecule has 1 aromatic carbocycles. The van der Waals surface area contributed by atoms with E-state index in [0.717, 1.165) is 11.1 Å². The van der Waals surface area contributed by atoms with Gasteiger partial charge >= 0.3 is 0 Å². The Bertz CT molecular complexity index is 591. The fourth-order valence-corrected chi connectivity index (χ4v) is 2.08. The second-order valence-electron chi connectivity index (χ2n) is 4.47. The summed E-state index contributed by atoms with van der Waals surface area (Å²) in [6.07, 6.45) is 0. The molecule has 19 heavy (non-hydrogen) atoms. The van der Waals surface area contributed by atoms with Crippen molar-refractivity contribution in [2.24, 2.45) is 0 Å². The van der Waals surface area contributed by atoms with Gasteiger partial charge in [-0.05, 0) is 31.0 Å². The topological polar surface area (TPSA) is 61.0 Å². The molecule has 0 saturated heterocycles. The highest BCUT2D eigenvalue weighted by atomic mass is 19.1. The minimum absolute atomic E-state index is 0.241. The Morgan fingerprint density at radius 2 is 1.95 bits per heavy atom. The van der Waals surface area contributed by atoms with E-state index in [1.54, 1.807) is 13.2 Å². The number of aryl methyl sites for hydroxylation is 2. The number of rotatable bonds is 3. The van der Waals surface area contributed by atoms with Gasteiger partial charge < -0.3 is 10.5 Å². The highest BCUT2D eigenvalue weighted by molar-refractivity contribution is 5.66. The molecular formula is C14H16FN3O. The van der Waals surface area contributed by atoms with Crippen molar-refractivity contribution in [3.8, 4) is 11.3 Å². The SMILES string of the molecule is COCc1nc(N)cc(-c2c(C)cc(C)cc2F)n1. The van der Waals surface area contributed by atoms with E-state index in [2.05, 4.69) is 9.97 Å². The van der Waals surface area contributed by atoms with Crippen molar-refractivity contribution in [2.45, 2.75) is 20.5 Å². The summed E-state index contributed by atoms with van der Waals surface area (Å²) >= 11 is 0. The molecule has 0 atom stereocenters. The number of nitrogen functional groups attached to an aromatic ring is 1. The Hall–Kier alpha value is -2.01. The number of hydrogen-bond acceptors (Lipinski definition) is 4. The number of hydrogen-bond donors (Lipinski definition) is 1. The summed E-state index contributed by atoms with van der Waals surface area (Å²) in [5.41, 5.74) is 8.36. The lowest BCUT2D eigenvalue weighted by Gasteiger charge is -2.10. The molecule has 2 aromatic rings. The summed E-state index contributed by atoms with van der Waals surface area (Å²) in [6, 6.07) is 4.96. The molecule has 0 amide bonds. The molecule has 0 aliphatic rings. The zero-order valence-electron chi connectivity index (χ0n) is 11.2. The average molecular weight is 261 g/mol. The van der Waals surface area contributed by atoms with Gasteiger partial charge in [0.1, 0.15) is 18.2 Å². The molecule has 2 N–H and O–H groups in total. The Kier molecular flexibility index (Phi) is 3.76. The van der Waals surface area contributed by atoms with E-state index in [4.69, 9.17) is 10.5 Å². The van der Waals surface area contributed by atoms with E-state index < -0.39 is 0 Å². The normalized spacial score (nSPS) is 10.7. The number of nitrogens with zero attached hydrogens (tertiary/aromatic N) is 2. The third-order valence-electron chi connectivity index (χ3n) is 2.75. The van der Waals surface area contributed by atoms with Crippen LogP contribution in [0.3, 0.4) is 0 Å². The van der Waals surface area contributed by atoms with Crippen LogP contribution in [0.4, 0.5) is 10.2 Å². The molecule has 5 heteroatoms. The Morgan fingerprint density at radius 3 is 2.58 bits per heavy atom. The molecule has 1 heterocycles. The molecule has 2 rings (SSSR count).